The van der Waals surface area contributed by atoms with Crippen LogP contribution in [0.1, 0.15) is 39.5 Å². The number of nitrogens with zero attached hydrogens (tertiary/aromatic N) is 1. The lowest BCUT2D eigenvalue weighted by molar-refractivity contribution is 0.180. The van der Waals surface area contributed by atoms with Gasteiger partial charge in [-0.15, -0.1) is 0 Å². The molecule has 0 unspecified atom stereocenters. The zero-order chi connectivity index (χ0) is 15.0. The number of hydrogen-bond donors (Lipinski definition) is 0. The molecular weight excluding hydrogens is 285 g/mol. The summed E-state index contributed by atoms with van der Waals surface area (Å²) in [5.41, 5.74) is 0.823. The van der Waals surface area contributed by atoms with Crippen molar-refractivity contribution in [2.45, 2.75) is 39.5 Å². The molecule has 0 fully saturated rings. The Labute approximate surface area is 127 Å². The second-order valence-electron chi connectivity index (χ2n) is 4.75. The molecule has 116 valence electrons. The Kier molecular flexibility index (Phi) is 6.50. The van der Waals surface area contributed by atoms with Gasteiger partial charge in [0.1, 0.15) is 5.76 Å². The smallest absolute Gasteiger partial charge is 0.415 e. The predicted molar refractivity (Wildman–Crippen MR) is 86.3 cm³/mol. The van der Waals surface area contributed by atoms with Gasteiger partial charge in [0.05, 0.1) is 18.9 Å². The molecule has 0 spiro atoms. The summed E-state index contributed by atoms with van der Waals surface area (Å²) < 4.78 is 22.5. The quantitative estimate of drug-likeness (QED) is 0.596. The molecule has 0 aromatic heterocycles. The Hall–Kier alpha value is -1.09. The molecule has 0 amide bonds. The molecule has 1 aliphatic carbocycles. The van der Waals surface area contributed by atoms with Gasteiger partial charge in [0.25, 0.3) is 0 Å². The molecule has 5 heteroatoms. The molecule has 0 heterocycles. The Morgan fingerprint density at radius 2 is 1.76 bits per heavy atom. The van der Waals surface area contributed by atoms with Crippen molar-refractivity contribution in [1.82, 2.24) is 0 Å². The Bertz CT molecular complexity index is 504. The normalized spacial score (nSPS) is 15.4. The average molecular weight is 309 g/mol. The predicted octanol–water partition coefficient (Wildman–Crippen LogP) is 5.81. The van der Waals surface area contributed by atoms with E-state index in [2.05, 4.69) is 10.8 Å². The van der Waals surface area contributed by atoms with E-state index in [0.29, 0.717) is 13.2 Å². The lowest BCUT2D eigenvalue weighted by atomic mass is 10.1. The van der Waals surface area contributed by atoms with Gasteiger partial charge in [0, 0.05) is 6.42 Å². The van der Waals surface area contributed by atoms with Crippen molar-refractivity contribution in [3.8, 4) is 0 Å². The van der Waals surface area contributed by atoms with E-state index in [0.717, 1.165) is 30.7 Å². The maximum absolute atomic E-state index is 6.12. The van der Waals surface area contributed by atoms with Crippen molar-refractivity contribution >= 4 is 13.4 Å². The topological polar surface area (TPSA) is 40.0 Å². The summed E-state index contributed by atoms with van der Waals surface area (Å²) in [6.07, 6.45) is 6.49. The summed E-state index contributed by atoms with van der Waals surface area (Å²) in [6.45, 7) is 4.90. The minimum Gasteiger partial charge on any atom is -0.423 e. The number of hydrogen-bond acceptors (Lipinski definition) is 4. The van der Waals surface area contributed by atoms with Crippen LogP contribution in [0, 0.1) is 0 Å². The fraction of sp³-hybridized carbons (Fsp3) is 0.500. The Balaban J connectivity index is 2.31. The summed E-state index contributed by atoms with van der Waals surface area (Å²) in [4.78, 5) is 0. The third-order valence-electron chi connectivity index (χ3n) is 3.06. The molecule has 0 saturated carbocycles. The highest BCUT2D eigenvalue weighted by molar-refractivity contribution is 7.51. The first-order valence-corrected chi connectivity index (χ1v) is 9.12. The van der Waals surface area contributed by atoms with E-state index in [1.54, 1.807) is 0 Å². The minimum absolute atomic E-state index is 0.511. The van der Waals surface area contributed by atoms with Crippen LogP contribution in [0.25, 0.3) is 0 Å². The zero-order valence-corrected chi connectivity index (χ0v) is 13.7. The third kappa shape index (κ3) is 4.99. The molecule has 0 bridgehead atoms. The number of rotatable bonds is 7. The lowest BCUT2D eigenvalue weighted by Crippen LogP contribution is -2.03. The van der Waals surface area contributed by atoms with Gasteiger partial charge in [-0.3, -0.25) is 9.05 Å². The van der Waals surface area contributed by atoms with Gasteiger partial charge in [0.15, 0.2) is 0 Å². The van der Waals surface area contributed by atoms with Crippen molar-refractivity contribution in [1.29, 1.82) is 0 Å². The van der Waals surface area contributed by atoms with Crippen LogP contribution in [-0.2, 0) is 13.6 Å². The fourth-order valence-electron chi connectivity index (χ4n) is 2.17. The largest absolute Gasteiger partial charge is 0.423 e. The van der Waals surface area contributed by atoms with Gasteiger partial charge in [-0.2, -0.15) is 4.74 Å². The summed E-state index contributed by atoms with van der Waals surface area (Å²) in [5.74, 6) is 0.955. The first kappa shape index (κ1) is 16.3. The van der Waals surface area contributed by atoms with Crippen LogP contribution in [0.3, 0.4) is 0 Å². The average Bonchev–Trinajstić information content (AvgIpc) is 2.50. The van der Waals surface area contributed by atoms with Gasteiger partial charge in [-0.1, -0.05) is 18.2 Å². The van der Waals surface area contributed by atoms with E-state index in [4.69, 9.17) is 13.6 Å². The Morgan fingerprint density at radius 3 is 2.33 bits per heavy atom. The molecule has 0 radical (unpaired) electrons. The highest BCUT2D eigenvalue weighted by Gasteiger charge is 2.26. The van der Waals surface area contributed by atoms with Crippen LogP contribution in [0.2, 0.25) is 0 Å². The van der Waals surface area contributed by atoms with E-state index in [-0.39, 0.29) is 0 Å². The molecule has 0 atom stereocenters. The van der Waals surface area contributed by atoms with Gasteiger partial charge < -0.3 is 4.52 Å². The molecule has 0 saturated heterocycles. The van der Waals surface area contributed by atoms with Gasteiger partial charge in [-0.05, 0) is 51.3 Å². The highest BCUT2D eigenvalue weighted by Crippen LogP contribution is 2.57. The van der Waals surface area contributed by atoms with E-state index in [9.17, 15) is 0 Å². The zero-order valence-electron chi connectivity index (χ0n) is 12.8. The summed E-state index contributed by atoms with van der Waals surface area (Å²) >= 11 is 0. The van der Waals surface area contributed by atoms with Crippen molar-refractivity contribution in [2.75, 3.05) is 13.2 Å². The summed E-state index contributed by atoms with van der Waals surface area (Å²) in [6, 6.07) is 9.73. The van der Waals surface area contributed by atoms with Crippen LogP contribution < -0.4 is 0 Å². The standard InChI is InChI=1S/C16H24NO3P/c1-3-18-21(19-4-2,17-15-11-7-5-8-12-15)20-16-13-9-6-10-14-16/h5,7-8,11-13H,3-4,6,9-10,14H2,1-2H3. The molecule has 0 aliphatic heterocycles. The van der Waals surface area contributed by atoms with Gasteiger partial charge >= 0.3 is 7.74 Å². The SMILES string of the molecule is CCOP(=Nc1ccccc1)(OCC)OC1=CCCCC1. The van der Waals surface area contributed by atoms with E-state index in [1.807, 2.05) is 44.2 Å². The second-order valence-corrected chi connectivity index (χ2v) is 6.58. The highest BCUT2D eigenvalue weighted by atomic mass is 31.2. The van der Waals surface area contributed by atoms with Crippen molar-refractivity contribution in [2.24, 2.45) is 4.74 Å². The Morgan fingerprint density at radius 1 is 1.05 bits per heavy atom. The molecule has 2 rings (SSSR count). The maximum atomic E-state index is 6.12. The van der Waals surface area contributed by atoms with Crippen LogP contribution in [0.5, 0.6) is 0 Å². The lowest BCUT2D eigenvalue weighted by Gasteiger charge is -2.25. The van der Waals surface area contributed by atoms with E-state index >= 15 is 0 Å². The third-order valence-corrected chi connectivity index (χ3v) is 5.17. The molecule has 21 heavy (non-hydrogen) atoms. The molecule has 1 aromatic rings. The molecule has 4 nitrogen and oxygen atoms in total. The molecule has 1 aromatic carbocycles. The number of benzene rings is 1. The maximum Gasteiger partial charge on any atom is 0.415 e. The van der Waals surface area contributed by atoms with Crippen LogP contribution in [0.15, 0.2) is 46.9 Å². The monoisotopic (exact) mass is 309 g/mol. The minimum atomic E-state index is -2.73. The second kappa shape index (κ2) is 8.38. The molecule has 1 aliphatic rings. The first-order valence-electron chi connectivity index (χ1n) is 7.63. The summed E-state index contributed by atoms with van der Waals surface area (Å²) in [7, 11) is -2.73. The molecule has 0 N–H and O–H groups in total. The van der Waals surface area contributed by atoms with Crippen molar-refractivity contribution in [3.63, 3.8) is 0 Å². The van der Waals surface area contributed by atoms with Gasteiger partial charge in [-0.25, -0.2) is 0 Å². The van der Waals surface area contributed by atoms with Crippen LogP contribution in [0.4, 0.5) is 5.69 Å². The van der Waals surface area contributed by atoms with E-state index in [1.165, 1.54) is 6.42 Å². The van der Waals surface area contributed by atoms with Crippen LogP contribution in [-0.4, -0.2) is 13.2 Å². The van der Waals surface area contributed by atoms with Crippen molar-refractivity contribution in [3.05, 3.63) is 42.2 Å². The first-order chi connectivity index (χ1) is 10.3. The fourth-order valence-corrected chi connectivity index (χ4v) is 4.04. The molecular formula is C16H24NO3P. The van der Waals surface area contributed by atoms with Crippen molar-refractivity contribution < 1.29 is 13.6 Å². The van der Waals surface area contributed by atoms with Crippen LogP contribution >= 0.6 is 7.74 Å². The van der Waals surface area contributed by atoms with E-state index < -0.39 is 7.74 Å². The number of allylic oxidation sites excluding steroid dienone is 2. The summed E-state index contributed by atoms with van der Waals surface area (Å²) in [5, 5.41) is 0. The van der Waals surface area contributed by atoms with Gasteiger partial charge in [0.2, 0.25) is 0 Å².